The van der Waals surface area contributed by atoms with Gasteiger partial charge in [-0.25, -0.2) is 4.98 Å². The van der Waals surface area contributed by atoms with Gasteiger partial charge in [0.1, 0.15) is 17.4 Å². The predicted molar refractivity (Wildman–Crippen MR) is 88.2 cm³/mol. The minimum atomic E-state index is 0.845. The molecule has 112 valence electrons. The number of aromatic nitrogens is 1. The number of methoxy groups -OCH3 is 1. The van der Waals surface area contributed by atoms with Gasteiger partial charge < -0.3 is 15.4 Å². The zero-order valence-electron chi connectivity index (χ0n) is 12.7. The van der Waals surface area contributed by atoms with Crippen molar-refractivity contribution in [1.82, 2.24) is 4.98 Å². The Morgan fingerprint density at radius 3 is 2.43 bits per heavy atom. The molecule has 21 heavy (non-hydrogen) atoms. The molecule has 1 aromatic carbocycles. The van der Waals surface area contributed by atoms with Gasteiger partial charge in [-0.05, 0) is 42.7 Å². The van der Waals surface area contributed by atoms with Gasteiger partial charge in [0, 0.05) is 13.1 Å². The van der Waals surface area contributed by atoms with Crippen LogP contribution in [0.15, 0.2) is 42.5 Å². The second kappa shape index (κ2) is 8.15. The smallest absolute Gasteiger partial charge is 0.128 e. The van der Waals surface area contributed by atoms with Crippen molar-refractivity contribution in [1.29, 1.82) is 0 Å². The van der Waals surface area contributed by atoms with Crippen molar-refractivity contribution < 1.29 is 4.74 Å². The summed E-state index contributed by atoms with van der Waals surface area (Å²) in [7, 11) is 1.69. The van der Waals surface area contributed by atoms with Crippen molar-refractivity contribution in [3.63, 3.8) is 0 Å². The highest BCUT2D eigenvalue weighted by molar-refractivity contribution is 5.45. The fourth-order valence-electron chi connectivity index (χ4n) is 2.05. The Morgan fingerprint density at radius 1 is 1.00 bits per heavy atom. The highest BCUT2D eigenvalue weighted by Crippen LogP contribution is 2.13. The normalized spacial score (nSPS) is 10.2. The summed E-state index contributed by atoms with van der Waals surface area (Å²) in [6.07, 6.45) is 2.03. The molecule has 2 rings (SSSR count). The zero-order chi connectivity index (χ0) is 14.9. The molecule has 0 saturated carbocycles. The van der Waals surface area contributed by atoms with Crippen LogP contribution in [0.3, 0.4) is 0 Å². The first-order chi connectivity index (χ1) is 10.3. The van der Waals surface area contributed by atoms with Gasteiger partial charge in [-0.15, -0.1) is 0 Å². The molecular weight excluding hydrogens is 262 g/mol. The van der Waals surface area contributed by atoms with E-state index in [4.69, 9.17) is 4.74 Å². The van der Waals surface area contributed by atoms with Crippen LogP contribution in [0.5, 0.6) is 5.75 Å². The van der Waals surface area contributed by atoms with E-state index in [1.54, 1.807) is 7.11 Å². The molecule has 0 saturated heterocycles. The van der Waals surface area contributed by atoms with Crippen LogP contribution in [0.1, 0.15) is 18.9 Å². The Balaban J connectivity index is 1.85. The molecule has 4 heteroatoms. The lowest BCUT2D eigenvalue weighted by atomic mass is 10.1. The maximum absolute atomic E-state index is 5.23. The van der Waals surface area contributed by atoms with Gasteiger partial charge in [0.05, 0.1) is 7.11 Å². The molecule has 0 aliphatic carbocycles. The van der Waals surface area contributed by atoms with Crippen LogP contribution in [-0.4, -0.2) is 25.2 Å². The molecule has 0 spiro atoms. The van der Waals surface area contributed by atoms with E-state index in [-0.39, 0.29) is 0 Å². The minimum Gasteiger partial charge on any atom is -0.497 e. The van der Waals surface area contributed by atoms with Gasteiger partial charge in [-0.1, -0.05) is 25.1 Å². The summed E-state index contributed by atoms with van der Waals surface area (Å²) in [6, 6.07) is 14.1. The molecule has 1 aromatic heterocycles. The van der Waals surface area contributed by atoms with Crippen molar-refractivity contribution in [2.24, 2.45) is 0 Å². The summed E-state index contributed by atoms with van der Waals surface area (Å²) in [5.41, 5.74) is 1.25. The van der Waals surface area contributed by atoms with Crippen molar-refractivity contribution in [2.45, 2.75) is 19.8 Å². The van der Waals surface area contributed by atoms with Gasteiger partial charge in [0.2, 0.25) is 0 Å². The second-order valence-corrected chi connectivity index (χ2v) is 4.86. The number of benzene rings is 1. The number of nitrogens with one attached hydrogen (secondary N) is 2. The molecule has 0 aliphatic heterocycles. The first-order valence-corrected chi connectivity index (χ1v) is 7.39. The fourth-order valence-corrected chi connectivity index (χ4v) is 2.05. The summed E-state index contributed by atoms with van der Waals surface area (Å²) in [5.74, 6) is 2.72. The number of pyridine rings is 1. The summed E-state index contributed by atoms with van der Waals surface area (Å²) in [6.45, 7) is 3.93. The van der Waals surface area contributed by atoms with Crippen LogP contribution >= 0.6 is 0 Å². The number of nitrogens with zero attached hydrogens (tertiary/aromatic N) is 1. The van der Waals surface area contributed by atoms with Crippen LogP contribution in [0.25, 0.3) is 0 Å². The zero-order valence-corrected chi connectivity index (χ0v) is 12.7. The first-order valence-electron chi connectivity index (χ1n) is 7.39. The Kier molecular flexibility index (Phi) is 5.88. The van der Waals surface area contributed by atoms with E-state index < -0.39 is 0 Å². The lowest BCUT2D eigenvalue weighted by molar-refractivity contribution is 0.414. The molecule has 0 radical (unpaired) electrons. The van der Waals surface area contributed by atoms with Gasteiger partial charge >= 0.3 is 0 Å². The third kappa shape index (κ3) is 4.99. The number of anilines is 2. The van der Waals surface area contributed by atoms with Crippen molar-refractivity contribution in [2.75, 3.05) is 30.8 Å². The molecule has 2 N–H and O–H groups in total. The van der Waals surface area contributed by atoms with E-state index in [1.807, 2.05) is 30.3 Å². The summed E-state index contributed by atoms with van der Waals surface area (Å²) in [4.78, 5) is 4.53. The predicted octanol–water partition coefficient (Wildman–Crippen LogP) is 3.57. The molecular formula is C17H23N3O. The van der Waals surface area contributed by atoms with Crippen molar-refractivity contribution in [3.8, 4) is 5.75 Å². The SMILES string of the molecule is CCCNc1cccc(NCCc2cccc(OC)c2)n1. The lowest BCUT2D eigenvalue weighted by Gasteiger charge is -2.09. The van der Waals surface area contributed by atoms with E-state index in [1.165, 1.54) is 5.56 Å². The van der Waals surface area contributed by atoms with Crippen molar-refractivity contribution >= 4 is 11.6 Å². The third-order valence-electron chi connectivity index (χ3n) is 3.16. The number of hydrogen-bond donors (Lipinski definition) is 2. The van der Waals surface area contributed by atoms with Crippen molar-refractivity contribution in [3.05, 3.63) is 48.0 Å². The van der Waals surface area contributed by atoms with E-state index in [2.05, 4.69) is 34.7 Å². The topological polar surface area (TPSA) is 46.2 Å². The summed E-state index contributed by atoms with van der Waals surface area (Å²) in [5, 5.41) is 6.65. The molecule has 4 nitrogen and oxygen atoms in total. The van der Waals surface area contributed by atoms with Gasteiger partial charge in [-0.3, -0.25) is 0 Å². The first kappa shape index (κ1) is 15.2. The maximum atomic E-state index is 5.23. The molecule has 0 fully saturated rings. The quantitative estimate of drug-likeness (QED) is 0.778. The van der Waals surface area contributed by atoms with Crippen LogP contribution in [0, 0.1) is 0 Å². The maximum Gasteiger partial charge on any atom is 0.128 e. The Morgan fingerprint density at radius 2 is 1.71 bits per heavy atom. The van der Waals surface area contributed by atoms with Crippen LogP contribution in [-0.2, 0) is 6.42 Å². The Hall–Kier alpha value is -2.23. The average molecular weight is 285 g/mol. The fraction of sp³-hybridized carbons (Fsp3) is 0.353. The molecule has 1 heterocycles. The average Bonchev–Trinajstić information content (AvgIpc) is 2.53. The Bertz CT molecular complexity index is 557. The van der Waals surface area contributed by atoms with Crippen LogP contribution in [0.2, 0.25) is 0 Å². The Labute approximate surface area is 126 Å². The molecule has 0 unspecified atom stereocenters. The largest absolute Gasteiger partial charge is 0.497 e. The molecule has 0 atom stereocenters. The summed E-state index contributed by atoms with van der Waals surface area (Å²) >= 11 is 0. The molecule has 0 amide bonds. The number of ether oxygens (including phenoxy) is 1. The van der Waals surface area contributed by atoms with Gasteiger partial charge in [0.25, 0.3) is 0 Å². The van der Waals surface area contributed by atoms with Gasteiger partial charge in [0.15, 0.2) is 0 Å². The minimum absolute atomic E-state index is 0.845. The highest BCUT2D eigenvalue weighted by atomic mass is 16.5. The molecule has 0 aliphatic rings. The van der Waals surface area contributed by atoms with E-state index in [9.17, 15) is 0 Å². The van der Waals surface area contributed by atoms with Crippen LogP contribution in [0.4, 0.5) is 11.6 Å². The van der Waals surface area contributed by atoms with E-state index >= 15 is 0 Å². The monoisotopic (exact) mass is 285 g/mol. The third-order valence-corrected chi connectivity index (χ3v) is 3.16. The molecule has 0 bridgehead atoms. The van der Waals surface area contributed by atoms with E-state index in [0.717, 1.165) is 43.3 Å². The highest BCUT2D eigenvalue weighted by Gasteiger charge is 1.99. The number of rotatable bonds is 8. The lowest BCUT2D eigenvalue weighted by Crippen LogP contribution is -2.08. The number of hydrogen-bond acceptors (Lipinski definition) is 4. The van der Waals surface area contributed by atoms with Gasteiger partial charge in [-0.2, -0.15) is 0 Å². The second-order valence-electron chi connectivity index (χ2n) is 4.86. The van der Waals surface area contributed by atoms with E-state index in [0.29, 0.717) is 0 Å². The molecule has 2 aromatic rings. The van der Waals surface area contributed by atoms with Crippen LogP contribution < -0.4 is 15.4 Å². The summed E-state index contributed by atoms with van der Waals surface area (Å²) < 4.78 is 5.23. The standard InChI is InChI=1S/C17H23N3O/c1-3-11-18-16-8-5-9-17(20-16)19-12-10-14-6-4-7-15(13-14)21-2/h4-9,13H,3,10-12H2,1-2H3,(H2,18,19,20).